The van der Waals surface area contributed by atoms with Crippen LogP contribution in [-0.2, 0) is 11.3 Å². The second-order valence-corrected chi connectivity index (χ2v) is 5.43. The summed E-state index contributed by atoms with van der Waals surface area (Å²) in [4.78, 5) is 25.7. The van der Waals surface area contributed by atoms with Gasteiger partial charge in [-0.25, -0.2) is 0 Å². The van der Waals surface area contributed by atoms with E-state index in [0.29, 0.717) is 11.6 Å². The molecule has 0 bridgehead atoms. The number of hydrogen-bond acceptors (Lipinski definition) is 3. The monoisotopic (exact) mass is 320 g/mol. The highest BCUT2D eigenvalue weighted by Gasteiger charge is 2.21. The molecule has 0 radical (unpaired) electrons. The zero-order valence-corrected chi connectivity index (χ0v) is 13.1. The number of carbonyl (C=O) groups is 2. The van der Waals surface area contributed by atoms with Gasteiger partial charge in [0, 0.05) is 18.6 Å². The van der Waals surface area contributed by atoms with Crippen molar-refractivity contribution in [2.24, 2.45) is 0 Å². The summed E-state index contributed by atoms with van der Waals surface area (Å²) in [6.07, 6.45) is 1.41. The van der Waals surface area contributed by atoms with Crippen LogP contribution in [0.15, 0.2) is 47.1 Å². The van der Waals surface area contributed by atoms with Crippen molar-refractivity contribution in [1.29, 1.82) is 0 Å². The first-order valence-corrected chi connectivity index (χ1v) is 7.19. The van der Waals surface area contributed by atoms with E-state index in [-0.39, 0.29) is 11.7 Å². The smallest absolute Gasteiger partial charge is 0.287 e. The maximum Gasteiger partial charge on any atom is 0.287 e. The summed E-state index contributed by atoms with van der Waals surface area (Å²) in [5, 5.41) is 3.23. The first-order valence-electron chi connectivity index (χ1n) is 6.81. The van der Waals surface area contributed by atoms with Crippen molar-refractivity contribution in [1.82, 2.24) is 10.2 Å². The summed E-state index contributed by atoms with van der Waals surface area (Å²) in [7, 11) is 1.68. The molecule has 0 spiro atoms. The summed E-state index contributed by atoms with van der Waals surface area (Å²) >= 11 is 5.93. The average Bonchev–Trinajstić information content (AvgIpc) is 3.00. The molecule has 0 fully saturated rings. The van der Waals surface area contributed by atoms with Gasteiger partial charge in [-0.2, -0.15) is 0 Å². The van der Waals surface area contributed by atoms with Crippen molar-refractivity contribution in [3.63, 3.8) is 0 Å². The second-order valence-electron chi connectivity index (χ2n) is 5.00. The van der Waals surface area contributed by atoms with E-state index in [9.17, 15) is 9.59 Å². The Kier molecular flexibility index (Phi) is 5.22. The number of nitrogens with zero attached hydrogens (tertiary/aromatic N) is 1. The van der Waals surface area contributed by atoms with Crippen LogP contribution in [-0.4, -0.2) is 29.8 Å². The summed E-state index contributed by atoms with van der Waals surface area (Å²) in [6, 6.07) is 9.81. The highest BCUT2D eigenvalue weighted by atomic mass is 35.5. The van der Waals surface area contributed by atoms with Crippen molar-refractivity contribution >= 4 is 23.4 Å². The van der Waals surface area contributed by atoms with Crippen LogP contribution in [0.5, 0.6) is 0 Å². The fourth-order valence-corrected chi connectivity index (χ4v) is 2.27. The summed E-state index contributed by atoms with van der Waals surface area (Å²) < 4.78 is 4.99. The van der Waals surface area contributed by atoms with Gasteiger partial charge in [0.25, 0.3) is 5.91 Å². The van der Waals surface area contributed by atoms with E-state index in [2.05, 4.69) is 5.32 Å². The molecule has 0 unspecified atom stereocenters. The van der Waals surface area contributed by atoms with Crippen molar-refractivity contribution in [2.75, 3.05) is 7.05 Å². The maximum absolute atomic E-state index is 12.3. The van der Waals surface area contributed by atoms with Crippen LogP contribution in [0.1, 0.15) is 23.0 Å². The third kappa shape index (κ3) is 4.11. The van der Waals surface area contributed by atoms with Crippen LogP contribution in [0.2, 0.25) is 5.02 Å². The highest BCUT2D eigenvalue weighted by Crippen LogP contribution is 2.12. The average molecular weight is 321 g/mol. The molecular weight excluding hydrogens is 304 g/mol. The van der Waals surface area contributed by atoms with Gasteiger partial charge >= 0.3 is 0 Å². The lowest BCUT2D eigenvalue weighted by molar-refractivity contribution is -0.132. The number of halogens is 1. The molecule has 0 aliphatic heterocycles. The zero-order valence-electron chi connectivity index (χ0n) is 12.4. The quantitative estimate of drug-likeness (QED) is 0.921. The Morgan fingerprint density at radius 3 is 2.73 bits per heavy atom. The fraction of sp³-hybridized carbons (Fsp3) is 0.250. The Morgan fingerprint density at radius 1 is 1.32 bits per heavy atom. The Balaban J connectivity index is 1.93. The lowest BCUT2D eigenvalue weighted by Gasteiger charge is -2.22. The Morgan fingerprint density at radius 2 is 2.09 bits per heavy atom. The molecule has 22 heavy (non-hydrogen) atoms. The third-order valence-corrected chi connectivity index (χ3v) is 3.38. The second kappa shape index (κ2) is 7.13. The molecule has 5 nitrogen and oxygen atoms in total. The van der Waals surface area contributed by atoms with Crippen LogP contribution in [0, 0.1) is 0 Å². The van der Waals surface area contributed by atoms with Crippen molar-refractivity contribution in [3.8, 4) is 0 Å². The Labute approximate surface area is 133 Å². The summed E-state index contributed by atoms with van der Waals surface area (Å²) in [5.74, 6) is -0.431. The normalized spacial score (nSPS) is 11.8. The SMILES string of the molecule is C[C@H](NC(=O)c1ccco1)C(=O)N(C)Cc1cccc(Cl)c1. The van der Waals surface area contributed by atoms with E-state index in [1.54, 1.807) is 43.1 Å². The van der Waals surface area contributed by atoms with Gasteiger partial charge in [0.05, 0.1) is 6.26 Å². The molecule has 1 aromatic carbocycles. The zero-order chi connectivity index (χ0) is 16.1. The van der Waals surface area contributed by atoms with E-state index in [4.69, 9.17) is 16.0 Å². The molecule has 0 aliphatic rings. The van der Waals surface area contributed by atoms with E-state index < -0.39 is 11.9 Å². The molecule has 116 valence electrons. The Bertz CT molecular complexity index is 655. The van der Waals surface area contributed by atoms with Crippen molar-refractivity contribution in [3.05, 3.63) is 59.0 Å². The number of nitrogens with one attached hydrogen (secondary N) is 1. The molecule has 0 saturated heterocycles. The van der Waals surface area contributed by atoms with Gasteiger partial charge in [0.15, 0.2) is 5.76 Å². The van der Waals surface area contributed by atoms with E-state index in [1.165, 1.54) is 6.26 Å². The lowest BCUT2D eigenvalue weighted by Crippen LogP contribution is -2.45. The summed E-state index contributed by atoms with van der Waals surface area (Å²) in [5.41, 5.74) is 0.924. The van der Waals surface area contributed by atoms with Gasteiger partial charge in [0.2, 0.25) is 5.91 Å². The van der Waals surface area contributed by atoms with Gasteiger partial charge in [-0.3, -0.25) is 9.59 Å². The standard InChI is InChI=1S/C16H17ClN2O3/c1-11(18-15(20)14-7-4-8-22-14)16(21)19(2)10-12-5-3-6-13(17)9-12/h3-9,11H,10H2,1-2H3,(H,18,20)/t11-/m0/s1. The first kappa shape index (κ1) is 16.1. The number of benzene rings is 1. The lowest BCUT2D eigenvalue weighted by atomic mass is 10.2. The highest BCUT2D eigenvalue weighted by molar-refractivity contribution is 6.30. The van der Waals surface area contributed by atoms with Crippen LogP contribution < -0.4 is 5.32 Å². The number of amides is 2. The summed E-state index contributed by atoms with van der Waals surface area (Å²) in [6.45, 7) is 2.05. The molecule has 6 heteroatoms. The molecule has 0 aliphatic carbocycles. The molecule has 1 N–H and O–H groups in total. The van der Waals surface area contributed by atoms with Crippen LogP contribution in [0.4, 0.5) is 0 Å². The fourth-order valence-electron chi connectivity index (χ4n) is 2.05. The minimum absolute atomic E-state index is 0.178. The predicted molar refractivity (Wildman–Crippen MR) is 83.6 cm³/mol. The van der Waals surface area contributed by atoms with E-state index >= 15 is 0 Å². The molecule has 1 atom stereocenters. The minimum Gasteiger partial charge on any atom is -0.459 e. The third-order valence-electron chi connectivity index (χ3n) is 3.15. The minimum atomic E-state index is -0.651. The molecule has 2 amide bonds. The Hall–Kier alpha value is -2.27. The van der Waals surface area contributed by atoms with Gasteiger partial charge in [0.1, 0.15) is 6.04 Å². The topological polar surface area (TPSA) is 62.6 Å². The van der Waals surface area contributed by atoms with Gasteiger partial charge in [-0.15, -0.1) is 0 Å². The molecule has 2 aromatic rings. The van der Waals surface area contributed by atoms with Gasteiger partial charge in [-0.05, 0) is 36.8 Å². The van der Waals surface area contributed by atoms with Gasteiger partial charge in [-0.1, -0.05) is 23.7 Å². The van der Waals surface area contributed by atoms with Crippen molar-refractivity contribution < 1.29 is 14.0 Å². The number of furan rings is 1. The molecule has 0 saturated carbocycles. The number of hydrogen-bond donors (Lipinski definition) is 1. The molecule has 1 aromatic heterocycles. The number of likely N-dealkylation sites (N-methyl/N-ethyl adjacent to an activating group) is 1. The number of rotatable bonds is 5. The van der Waals surface area contributed by atoms with Gasteiger partial charge < -0.3 is 14.6 Å². The maximum atomic E-state index is 12.3. The first-order chi connectivity index (χ1) is 10.5. The van der Waals surface area contributed by atoms with E-state index in [0.717, 1.165) is 5.56 Å². The molecule has 2 rings (SSSR count). The van der Waals surface area contributed by atoms with Crippen molar-refractivity contribution in [2.45, 2.75) is 19.5 Å². The molecule has 1 heterocycles. The van der Waals surface area contributed by atoms with E-state index in [1.807, 2.05) is 12.1 Å². The predicted octanol–water partition coefficient (Wildman–Crippen LogP) is 2.71. The largest absolute Gasteiger partial charge is 0.459 e. The van der Waals surface area contributed by atoms with Crippen LogP contribution in [0.25, 0.3) is 0 Å². The van der Waals surface area contributed by atoms with Crippen LogP contribution in [0.3, 0.4) is 0 Å². The van der Waals surface area contributed by atoms with Crippen LogP contribution >= 0.6 is 11.6 Å². The number of carbonyl (C=O) groups excluding carboxylic acids is 2. The molecular formula is C16H17ClN2O3.